The number of hydrogen-bond acceptors (Lipinski definition) is 8. The molecule has 0 radical (unpaired) electrons. The smallest absolute Gasteiger partial charge is 0.202 e. The van der Waals surface area contributed by atoms with E-state index in [0.29, 0.717) is 35.2 Å². The Balaban J connectivity index is 1.15. The van der Waals surface area contributed by atoms with Crippen molar-refractivity contribution in [3.8, 4) is 17.3 Å². The summed E-state index contributed by atoms with van der Waals surface area (Å²) >= 11 is 1.73. The third-order valence-corrected chi connectivity index (χ3v) is 8.35. The van der Waals surface area contributed by atoms with Gasteiger partial charge in [0.1, 0.15) is 5.75 Å². The minimum Gasteiger partial charge on any atom is -0.496 e. The van der Waals surface area contributed by atoms with Crippen LogP contribution in [0.1, 0.15) is 47.8 Å². The van der Waals surface area contributed by atoms with Gasteiger partial charge in [0.05, 0.1) is 18.4 Å². The molecule has 3 heterocycles. The normalized spacial score (nSPS) is 21.6. The molecule has 9 heteroatoms. The van der Waals surface area contributed by atoms with Crippen LogP contribution in [-0.2, 0) is 12.5 Å². The number of methoxy groups -OCH3 is 1. The SMILES string of the molecule is CCC(=O)c1ccc(C23CC2CN(CCCSc2nnc(-c4ocnc4C)n2C)C3)cc1OC. The average Bonchev–Trinajstić information content (AvgIpc) is 3.13. The summed E-state index contributed by atoms with van der Waals surface area (Å²) in [6, 6.07) is 6.20. The van der Waals surface area contributed by atoms with Crippen LogP contribution in [0.4, 0.5) is 0 Å². The van der Waals surface area contributed by atoms with Gasteiger partial charge in [0, 0.05) is 37.7 Å². The number of likely N-dealkylation sites (tertiary alicyclic amines) is 1. The number of Topliss-reactive ketones (excluding diaryl/α,β-unsaturated/α-hetero) is 1. The number of oxazole rings is 1. The van der Waals surface area contributed by atoms with Gasteiger partial charge in [-0.2, -0.15) is 0 Å². The van der Waals surface area contributed by atoms with E-state index in [4.69, 9.17) is 9.15 Å². The van der Waals surface area contributed by atoms with E-state index in [1.54, 1.807) is 18.9 Å². The van der Waals surface area contributed by atoms with Gasteiger partial charge in [-0.05, 0) is 49.9 Å². The fraction of sp³-hybridized carbons (Fsp3) is 0.520. The van der Waals surface area contributed by atoms with Crippen molar-refractivity contribution in [2.75, 3.05) is 32.5 Å². The summed E-state index contributed by atoms with van der Waals surface area (Å²) in [7, 11) is 3.62. The number of ether oxygens (including phenoxy) is 1. The van der Waals surface area contributed by atoms with E-state index in [-0.39, 0.29) is 11.2 Å². The quantitative estimate of drug-likeness (QED) is 0.243. The number of benzene rings is 1. The highest BCUT2D eigenvalue weighted by atomic mass is 32.2. The number of rotatable bonds is 10. The zero-order chi connectivity index (χ0) is 23.9. The molecule has 2 aliphatic rings. The highest BCUT2D eigenvalue weighted by molar-refractivity contribution is 7.99. The fourth-order valence-corrected chi connectivity index (χ4v) is 6.07. The molecule has 0 amide bonds. The van der Waals surface area contributed by atoms with Crippen LogP contribution < -0.4 is 4.74 Å². The van der Waals surface area contributed by atoms with Crippen LogP contribution in [0.3, 0.4) is 0 Å². The van der Waals surface area contributed by atoms with E-state index in [2.05, 4.69) is 32.2 Å². The van der Waals surface area contributed by atoms with E-state index >= 15 is 0 Å². The summed E-state index contributed by atoms with van der Waals surface area (Å²) in [4.78, 5) is 18.9. The summed E-state index contributed by atoms with van der Waals surface area (Å²) < 4.78 is 13.0. The third-order valence-electron chi connectivity index (χ3n) is 7.25. The number of thioether (sulfide) groups is 1. The van der Waals surface area contributed by atoms with Crippen LogP contribution >= 0.6 is 11.8 Å². The van der Waals surface area contributed by atoms with Crippen LogP contribution in [0, 0.1) is 12.8 Å². The number of carbonyl (C=O) groups excluding carboxylic acids is 1. The van der Waals surface area contributed by atoms with Crippen LogP contribution in [-0.4, -0.2) is 62.9 Å². The van der Waals surface area contributed by atoms with Gasteiger partial charge in [-0.3, -0.25) is 4.79 Å². The molecule has 0 bridgehead atoms. The van der Waals surface area contributed by atoms with E-state index in [0.717, 1.165) is 42.7 Å². The molecule has 1 saturated heterocycles. The van der Waals surface area contributed by atoms with Gasteiger partial charge in [-0.1, -0.05) is 24.8 Å². The topological polar surface area (TPSA) is 86.3 Å². The molecule has 34 heavy (non-hydrogen) atoms. The van der Waals surface area contributed by atoms with E-state index in [9.17, 15) is 4.79 Å². The first-order chi connectivity index (χ1) is 16.5. The van der Waals surface area contributed by atoms with Crippen molar-refractivity contribution in [1.82, 2.24) is 24.6 Å². The van der Waals surface area contributed by atoms with Gasteiger partial charge in [0.15, 0.2) is 23.1 Å². The Bertz CT molecular complexity index is 1210. The van der Waals surface area contributed by atoms with E-state index in [1.165, 1.54) is 18.4 Å². The number of nitrogens with zero attached hydrogens (tertiary/aromatic N) is 5. The lowest BCUT2D eigenvalue weighted by Gasteiger charge is -2.21. The van der Waals surface area contributed by atoms with Crippen LogP contribution in [0.25, 0.3) is 11.6 Å². The Kier molecular flexibility index (Phi) is 6.24. The molecular weight excluding hydrogens is 450 g/mol. The zero-order valence-corrected chi connectivity index (χ0v) is 21.0. The molecule has 0 N–H and O–H groups in total. The molecule has 2 atom stereocenters. The second-order valence-electron chi connectivity index (χ2n) is 9.32. The first-order valence-corrected chi connectivity index (χ1v) is 12.8. The summed E-state index contributed by atoms with van der Waals surface area (Å²) in [6.07, 6.45) is 4.24. The van der Waals surface area contributed by atoms with Crippen molar-refractivity contribution in [2.24, 2.45) is 13.0 Å². The van der Waals surface area contributed by atoms with E-state index < -0.39 is 0 Å². The molecular formula is C25H31N5O3S. The lowest BCUT2D eigenvalue weighted by atomic mass is 9.92. The largest absolute Gasteiger partial charge is 0.496 e. The number of aryl methyl sites for hydroxylation is 1. The predicted octanol–water partition coefficient (Wildman–Crippen LogP) is 4.14. The van der Waals surface area contributed by atoms with Gasteiger partial charge in [-0.15, -0.1) is 10.2 Å². The Labute approximate surface area is 204 Å². The molecule has 3 aromatic rings. The summed E-state index contributed by atoms with van der Waals surface area (Å²) in [5.41, 5.74) is 3.05. The number of aromatic nitrogens is 4. The van der Waals surface area contributed by atoms with Gasteiger partial charge in [0.25, 0.3) is 0 Å². The highest BCUT2D eigenvalue weighted by Crippen LogP contribution is 2.59. The minimum atomic E-state index is 0.129. The number of carbonyl (C=O) groups is 1. The van der Waals surface area contributed by atoms with Crippen molar-refractivity contribution in [2.45, 2.75) is 43.7 Å². The fourth-order valence-electron chi connectivity index (χ4n) is 5.23. The summed E-state index contributed by atoms with van der Waals surface area (Å²) in [5, 5.41) is 9.51. The molecule has 180 valence electrons. The first kappa shape index (κ1) is 23.1. The Morgan fingerprint density at radius 1 is 1.35 bits per heavy atom. The van der Waals surface area contributed by atoms with Crippen LogP contribution in [0.5, 0.6) is 5.75 Å². The molecule has 2 fully saturated rings. The molecule has 0 spiro atoms. The minimum absolute atomic E-state index is 0.129. The maximum absolute atomic E-state index is 12.2. The number of piperidine rings is 1. The van der Waals surface area contributed by atoms with Crippen molar-refractivity contribution in [3.05, 3.63) is 41.4 Å². The van der Waals surface area contributed by atoms with Gasteiger partial charge >= 0.3 is 0 Å². The molecule has 1 saturated carbocycles. The average molecular weight is 482 g/mol. The van der Waals surface area contributed by atoms with E-state index in [1.807, 2.05) is 31.5 Å². The second-order valence-corrected chi connectivity index (χ2v) is 10.4. The number of fused-ring (bicyclic) bond motifs is 1. The number of ketones is 1. The lowest BCUT2D eigenvalue weighted by Crippen LogP contribution is -2.28. The first-order valence-electron chi connectivity index (χ1n) is 11.8. The maximum atomic E-state index is 12.2. The second kappa shape index (κ2) is 9.19. The van der Waals surface area contributed by atoms with Crippen LogP contribution in [0.15, 0.2) is 34.2 Å². The zero-order valence-electron chi connectivity index (χ0n) is 20.2. The molecule has 2 aromatic heterocycles. The monoisotopic (exact) mass is 481 g/mol. The molecule has 2 unspecified atom stereocenters. The Morgan fingerprint density at radius 2 is 2.21 bits per heavy atom. The van der Waals surface area contributed by atoms with Crippen LogP contribution in [0.2, 0.25) is 0 Å². The predicted molar refractivity (Wildman–Crippen MR) is 130 cm³/mol. The molecule has 1 aliphatic carbocycles. The number of hydrogen-bond donors (Lipinski definition) is 0. The summed E-state index contributed by atoms with van der Waals surface area (Å²) in [6.45, 7) is 7.08. The van der Waals surface area contributed by atoms with Crippen molar-refractivity contribution >= 4 is 17.5 Å². The lowest BCUT2D eigenvalue weighted by molar-refractivity contribution is 0.0985. The maximum Gasteiger partial charge on any atom is 0.202 e. The van der Waals surface area contributed by atoms with Gasteiger partial charge < -0.3 is 18.6 Å². The molecule has 1 aromatic carbocycles. The highest BCUT2D eigenvalue weighted by Gasteiger charge is 2.60. The van der Waals surface area contributed by atoms with Crippen molar-refractivity contribution in [1.29, 1.82) is 0 Å². The van der Waals surface area contributed by atoms with Crippen molar-refractivity contribution < 1.29 is 13.9 Å². The Hall–Kier alpha value is -2.65. The summed E-state index contributed by atoms with van der Waals surface area (Å²) in [5.74, 6) is 3.90. The Morgan fingerprint density at radius 3 is 2.94 bits per heavy atom. The van der Waals surface area contributed by atoms with Gasteiger partial charge in [0.2, 0.25) is 5.82 Å². The third kappa shape index (κ3) is 4.05. The molecule has 8 nitrogen and oxygen atoms in total. The molecule has 1 aliphatic heterocycles. The standard InChI is InChI=1S/C25H31N5O3S/c1-5-20(31)19-8-7-17(11-21(19)32-4)25-12-18(25)13-30(14-25)9-6-10-34-24-28-27-23(29(24)3)22-16(2)26-15-33-22/h7-8,11,15,18H,5-6,9-10,12-14H2,1-4H3. The molecule has 5 rings (SSSR count). The van der Waals surface area contributed by atoms with Crippen molar-refractivity contribution in [3.63, 3.8) is 0 Å². The van der Waals surface area contributed by atoms with Gasteiger partial charge in [-0.25, -0.2) is 4.98 Å².